The molecule has 4 aromatic rings. The number of carbonyl (C=O) groups excluding carboxylic acids is 2. The average Bonchev–Trinajstić information content (AvgIpc) is 3.67. The fourth-order valence-electron chi connectivity index (χ4n) is 6.02. The zero-order chi connectivity index (χ0) is 32.4. The summed E-state index contributed by atoms with van der Waals surface area (Å²) in [7, 11) is -3.82. The number of carbonyl (C=O) groups is 2. The van der Waals surface area contributed by atoms with Crippen molar-refractivity contribution in [3.63, 3.8) is 0 Å². The van der Waals surface area contributed by atoms with Gasteiger partial charge in [0.1, 0.15) is 5.75 Å². The topological polar surface area (TPSA) is 132 Å². The van der Waals surface area contributed by atoms with Crippen LogP contribution in [0.5, 0.6) is 5.75 Å². The molecule has 1 aromatic heterocycles. The number of aryl methyl sites for hydroxylation is 1. The first-order valence-electron chi connectivity index (χ1n) is 15.3. The fourth-order valence-corrected chi connectivity index (χ4v) is 6.24. The molecule has 2 heterocycles. The summed E-state index contributed by atoms with van der Waals surface area (Å²) in [6.07, 6.45) is 6.81. The quantitative estimate of drug-likeness (QED) is 0.162. The van der Waals surface area contributed by atoms with Gasteiger partial charge in [-0.1, -0.05) is 36.4 Å². The predicted molar refractivity (Wildman–Crippen MR) is 175 cm³/mol. The third-order valence-corrected chi connectivity index (χ3v) is 8.88. The number of rotatable bonds is 11. The Morgan fingerprint density at radius 2 is 1.87 bits per heavy atom. The third-order valence-electron chi connectivity index (χ3n) is 8.49. The first-order chi connectivity index (χ1) is 22.1. The van der Waals surface area contributed by atoms with Crippen molar-refractivity contribution in [3.8, 4) is 16.9 Å². The van der Waals surface area contributed by atoms with E-state index in [0.717, 1.165) is 52.9 Å². The van der Waals surface area contributed by atoms with Crippen LogP contribution in [0.1, 0.15) is 47.4 Å². The van der Waals surface area contributed by atoms with Gasteiger partial charge in [0.05, 0.1) is 25.6 Å². The molecule has 3 amide bonds. The van der Waals surface area contributed by atoms with Crippen molar-refractivity contribution in [2.45, 2.75) is 45.6 Å². The number of fused-ring (bicyclic) bond motifs is 3. The summed E-state index contributed by atoms with van der Waals surface area (Å²) in [4.78, 5) is 27.4. The second kappa shape index (κ2) is 13.0. The lowest BCUT2D eigenvalue weighted by Crippen LogP contribution is -2.36. The van der Waals surface area contributed by atoms with Gasteiger partial charge in [0.2, 0.25) is 5.91 Å². The van der Waals surface area contributed by atoms with Gasteiger partial charge in [-0.25, -0.2) is 4.79 Å². The van der Waals surface area contributed by atoms with E-state index >= 15 is 0 Å². The summed E-state index contributed by atoms with van der Waals surface area (Å²) in [6.45, 7) is 5.81. The number of benzene rings is 3. The van der Waals surface area contributed by atoms with Crippen molar-refractivity contribution < 1.29 is 27.0 Å². The van der Waals surface area contributed by atoms with Crippen LogP contribution in [-0.2, 0) is 25.7 Å². The molecule has 1 aliphatic heterocycles. The second-order valence-corrected chi connectivity index (χ2v) is 13.5. The standard InChI is InChI=1S/C34H37N5O6S/c1-22-8-4-13-31(23(22)2)44-15-7-14-32(40)39-21-25-17-29(25)33-28(11-6-12-30(33)39)26-18-35-38(20-26)19-24-9-5-10-27(16-24)36-34(41)37-45-46(3,42)43/h4-6,8-13,16,18,20,25,29H,7,14-15,17,19,21H2,1-3H3,(H2,36,37,41)/t25-,29-/m1/s1. The van der Waals surface area contributed by atoms with Crippen LogP contribution in [0.25, 0.3) is 11.1 Å². The van der Waals surface area contributed by atoms with Crippen LogP contribution < -0.4 is 20.4 Å². The Bertz CT molecular complexity index is 1890. The van der Waals surface area contributed by atoms with Gasteiger partial charge in [0.15, 0.2) is 0 Å². The number of aromatic nitrogens is 2. The molecule has 0 spiro atoms. The van der Waals surface area contributed by atoms with Crippen LogP contribution in [0.15, 0.2) is 73.1 Å². The Kier molecular flexibility index (Phi) is 8.83. The molecule has 2 atom stereocenters. The number of nitrogens with zero attached hydrogens (tertiary/aromatic N) is 3. The summed E-state index contributed by atoms with van der Waals surface area (Å²) >= 11 is 0. The highest BCUT2D eigenvalue weighted by atomic mass is 32.2. The van der Waals surface area contributed by atoms with Gasteiger partial charge in [0, 0.05) is 36.1 Å². The maximum absolute atomic E-state index is 13.5. The van der Waals surface area contributed by atoms with Crippen molar-refractivity contribution in [1.29, 1.82) is 0 Å². The summed E-state index contributed by atoms with van der Waals surface area (Å²) in [5, 5.41) is 7.15. The fraction of sp³-hybridized carbons (Fsp3) is 0.324. The van der Waals surface area contributed by atoms with Crippen LogP contribution in [-0.4, -0.2) is 49.5 Å². The zero-order valence-electron chi connectivity index (χ0n) is 26.0. The van der Waals surface area contributed by atoms with E-state index in [1.807, 2.05) is 51.7 Å². The molecular formula is C34H37N5O6S. The summed E-state index contributed by atoms with van der Waals surface area (Å²) in [6, 6.07) is 18.5. The lowest BCUT2D eigenvalue weighted by Gasteiger charge is -2.30. The molecule has 46 heavy (non-hydrogen) atoms. The monoisotopic (exact) mass is 643 g/mol. The largest absolute Gasteiger partial charge is 0.493 e. The Labute approximate surface area is 268 Å². The molecule has 2 N–H and O–H groups in total. The van der Waals surface area contributed by atoms with Crippen LogP contribution in [0.2, 0.25) is 0 Å². The first kappa shape index (κ1) is 31.3. The van der Waals surface area contributed by atoms with Crippen molar-refractivity contribution in [2.75, 3.05) is 29.6 Å². The van der Waals surface area contributed by atoms with E-state index in [9.17, 15) is 18.0 Å². The van der Waals surface area contributed by atoms with Crippen LogP contribution in [0, 0.1) is 19.8 Å². The van der Waals surface area contributed by atoms with E-state index in [0.29, 0.717) is 43.5 Å². The first-order valence-corrected chi connectivity index (χ1v) is 17.1. The number of urea groups is 1. The van der Waals surface area contributed by atoms with Crippen molar-refractivity contribution in [2.24, 2.45) is 5.92 Å². The molecule has 11 nitrogen and oxygen atoms in total. The molecule has 6 rings (SSSR count). The minimum atomic E-state index is -3.82. The van der Waals surface area contributed by atoms with Gasteiger partial charge in [-0.3, -0.25) is 9.48 Å². The highest BCUT2D eigenvalue weighted by molar-refractivity contribution is 7.85. The molecular weight excluding hydrogens is 606 g/mol. The van der Waals surface area contributed by atoms with E-state index in [1.54, 1.807) is 18.2 Å². The molecule has 3 aromatic carbocycles. The van der Waals surface area contributed by atoms with Crippen LogP contribution in [0.4, 0.5) is 16.2 Å². The summed E-state index contributed by atoms with van der Waals surface area (Å²) < 4.78 is 34.3. The molecule has 12 heteroatoms. The van der Waals surface area contributed by atoms with Crippen molar-refractivity contribution >= 4 is 33.4 Å². The van der Waals surface area contributed by atoms with E-state index in [4.69, 9.17) is 4.74 Å². The molecule has 1 aliphatic carbocycles. The van der Waals surface area contributed by atoms with Gasteiger partial charge in [-0.2, -0.15) is 19.0 Å². The maximum atomic E-state index is 13.5. The Balaban J connectivity index is 1.11. The van der Waals surface area contributed by atoms with E-state index in [2.05, 4.69) is 46.7 Å². The van der Waals surface area contributed by atoms with Gasteiger partial charge in [0.25, 0.3) is 10.1 Å². The van der Waals surface area contributed by atoms with Crippen molar-refractivity contribution in [3.05, 3.63) is 95.3 Å². The normalized spacial score (nSPS) is 16.7. The summed E-state index contributed by atoms with van der Waals surface area (Å²) in [5.41, 5.74) is 9.77. The number of nitrogens with one attached hydrogen (secondary N) is 2. The molecule has 1 saturated carbocycles. The molecule has 1 fully saturated rings. The third kappa shape index (κ3) is 7.24. The second-order valence-electron chi connectivity index (χ2n) is 12.0. The SMILES string of the molecule is Cc1cccc(OCCCC(=O)N2C[C@H]3C[C@H]3c3c(-c4cnn(Cc5cccc(NC(=O)NOS(C)(=O)=O)c5)c4)cccc32)c1C. The van der Waals surface area contributed by atoms with E-state index in [1.165, 1.54) is 11.1 Å². The highest BCUT2D eigenvalue weighted by Gasteiger charge is 2.47. The number of anilines is 2. The molecule has 0 bridgehead atoms. The molecule has 0 radical (unpaired) electrons. The molecule has 0 saturated heterocycles. The highest BCUT2D eigenvalue weighted by Crippen LogP contribution is 2.57. The van der Waals surface area contributed by atoms with Crippen LogP contribution >= 0.6 is 0 Å². The maximum Gasteiger partial charge on any atom is 0.344 e. The number of hydrogen-bond acceptors (Lipinski definition) is 7. The van der Waals surface area contributed by atoms with Gasteiger partial charge in [-0.05, 0) is 90.6 Å². The van der Waals surface area contributed by atoms with Gasteiger partial charge < -0.3 is 15.0 Å². The van der Waals surface area contributed by atoms with Crippen LogP contribution in [0.3, 0.4) is 0 Å². The molecule has 240 valence electrons. The van der Waals surface area contributed by atoms with Gasteiger partial charge in [-0.15, -0.1) is 4.28 Å². The van der Waals surface area contributed by atoms with Gasteiger partial charge >= 0.3 is 6.03 Å². The Morgan fingerprint density at radius 1 is 1.07 bits per heavy atom. The van der Waals surface area contributed by atoms with Crippen molar-refractivity contribution in [1.82, 2.24) is 15.3 Å². The number of amides is 3. The number of hydroxylamine groups is 1. The number of hydrogen-bond donors (Lipinski definition) is 2. The number of ether oxygens (including phenoxy) is 1. The smallest absolute Gasteiger partial charge is 0.344 e. The lowest BCUT2D eigenvalue weighted by atomic mass is 9.92. The lowest BCUT2D eigenvalue weighted by molar-refractivity contribution is -0.119. The zero-order valence-corrected chi connectivity index (χ0v) is 26.8. The Hall–Kier alpha value is -4.68. The minimum absolute atomic E-state index is 0.120. The van der Waals surface area contributed by atoms with E-state index in [-0.39, 0.29) is 5.91 Å². The minimum Gasteiger partial charge on any atom is -0.493 e. The average molecular weight is 644 g/mol. The summed E-state index contributed by atoms with van der Waals surface area (Å²) in [5.74, 6) is 1.89. The molecule has 2 aliphatic rings. The predicted octanol–water partition coefficient (Wildman–Crippen LogP) is 5.54. The Morgan fingerprint density at radius 3 is 2.70 bits per heavy atom. The molecule has 0 unspecified atom stereocenters. The van der Waals surface area contributed by atoms with E-state index < -0.39 is 16.1 Å².